The Morgan fingerprint density at radius 2 is 1.86 bits per heavy atom. The van der Waals surface area contributed by atoms with Gasteiger partial charge in [-0.2, -0.15) is 0 Å². The van der Waals surface area contributed by atoms with Crippen molar-refractivity contribution >= 4 is 11.9 Å². The van der Waals surface area contributed by atoms with Crippen LogP contribution in [0.3, 0.4) is 0 Å². The van der Waals surface area contributed by atoms with Gasteiger partial charge in [-0.3, -0.25) is 0 Å². The molecule has 2 heterocycles. The molecule has 0 aromatic heterocycles. The van der Waals surface area contributed by atoms with Crippen LogP contribution in [-0.2, 0) is 19.1 Å². The van der Waals surface area contributed by atoms with Gasteiger partial charge in [0, 0.05) is 22.6 Å². The number of fused-ring (bicyclic) bond motifs is 1. The normalized spacial score (nSPS) is 38.4. The first-order valence-electron chi connectivity index (χ1n) is 10.9. The van der Waals surface area contributed by atoms with Crippen molar-refractivity contribution in [3.8, 4) is 0 Å². The van der Waals surface area contributed by atoms with Gasteiger partial charge >= 0.3 is 11.9 Å². The highest BCUT2D eigenvalue weighted by atomic mass is 16.5. The summed E-state index contributed by atoms with van der Waals surface area (Å²) >= 11 is 0. The quantitative estimate of drug-likeness (QED) is 0.635. The van der Waals surface area contributed by atoms with E-state index in [0.29, 0.717) is 11.8 Å². The molecule has 1 spiro atoms. The molecule has 0 amide bonds. The van der Waals surface area contributed by atoms with Gasteiger partial charge in [-0.05, 0) is 62.5 Å². The van der Waals surface area contributed by atoms with Crippen LogP contribution >= 0.6 is 0 Å². The Labute approximate surface area is 166 Å². The Hall–Kier alpha value is -2.10. The molecule has 2 aliphatic heterocycles. The molecule has 2 fully saturated rings. The zero-order valence-corrected chi connectivity index (χ0v) is 16.8. The molecule has 0 N–H and O–H groups in total. The van der Waals surface area contributed by atoms with Crippen LogP contribution in [0.1, 0.15) is 65.2 Å². The number of rotatable bonds is 4. The molecular formula is C24H28O4. The molecule has 0 aromatic rings. The maximum absolute atomic E-state index is 13.0. The molecule has 4 atom stereocenters. The molecule has 6 rings (SSSR count). The number of ether oxygens (including phenoxy) is 2. The summed E-state index contributed by atoms with van der Waals surface area (Å²) in [6.07, 6.45) is 14.1. The lowest BCUT2D eigenvalue weighted by Gasteiger charge is -2.54. The first-order valence-corrected chi connectivity index (χ1v) is 10.9. The van der Waals surface area contributed by atoms with Crippen LogP contribution < -0.4 is 0 Å². The predicted octanol–water partition coefficient (Wildman–Crippen LogP) is 5.13. The summed E-state index contributed by atoms with van der Waals surface area (Å²) < 4.78 is 11.6. The number of esters is 2. The molecule has 4 nitrogen and oxygen atoms in total. The fourth-order valence-electron chi connectivity index (χ4n) is 6.29. The molecule has 2 bridgehead atoms. The SMILES string of the molecule is CCC/C=C1\OC(=O)C2=C1CC[C@H]1C3C=C4C(=O)O/C(=C\CCC)[C@@]4(CC3)[C@@H]21. The lowest BCUT2D eigenvalue weighted by atomic mass is 9.47. The van der Waals surface area contributed by atoms with Gasteiger partial charge in [0.25, 0.3) is 0 Å². The summed E-state index contributed by atoms with van der Waals surface area (Å²) in [7, 11) is 0. The van der Waals surface area contributed by atoms with Crippen LogP contribution in [-0.4, -0.2) is 11.9 Å². The lowest BCUT2D eigenvalue weighted by molar-refractivity contribution is -0.135. The van der Waals surface area contributed by atoms with Crippen LogP contribution in [0.25, 0.3) is 0 Å². The minimum Gasteiger partial charge on any atom is -0.427 e. The van der Waals surface area contributed by atoms with E-state index in [1.807, 2.05) is 0 Å². The maximum Gasteiger partial charge on any atom is 0.340 e. The molecule has 0 radical (unpaired) electrons. The fraction of sp³-hybridized carbons (Fsp3) is 0.583. The van der Waals surface area contributed by atoms with E-state index in [0.717, 1.165) is 79.6 Å². The number of allylic oxidation sites excluding steroid dienone is 5. The van der Waals surface area contributed by atoms with Crippen LogP contribution in [0.15, 0.2) is 46.5 Å². The smallest absolute Gasteiger partial charge is 0.340 e. The third-order valence-corrected chi connectivity index (χ3v) is 7.43. The van der Waals surface area contributed by atoms with E-state index in [2.05, 4.69) is 32.1 Å². The fourth-order valence-corrected chi connectivity index (χ4v) is 6.29. The molecule has 4 heteroatoms. The zero-order valence-electron chi connectivity index (χ0n) is 16.8. The van der Waals surface area contributed by atoms with Gasteiger partial charge in [-0.15, -0.1) is 0 Å². The van der Waals surface area contributed by atoms with Crippen LogP contribution in [0.5, 0.6) is 0 Å². The number of hydrogen-bond donors (Lipinski definition) is 0. The van der Waals surface area contributed by atoms with Crippen molar-refractivity contribution in [2.24, 2.45) is 23.2 Å². The monoisotopic (exact) mass is 380 g/mol. The molecule has 6 aliphatic rings. The van der Waals surface area contributed by atoms with Crippen molar-refractivity contribution in [2.45, 2.75) is 65.2 Å². The number of carbonyl (C=O) groups is 2. The van der Waals surface area contributed by atoms with Gasteiger partial charge in [0.1, 0.15) is 11.5 Å². The van der Waals surface area contributed by atoms with Crippen molar-refractivity contribution in [2.75, 3.05) is 0 Å². The highest BCUT2D eigenvalue weighted by molar-refractivity contribution is 5.99. The van der Waals surface area contributed by atoms with E-state index in [1.54, 1.807) is 0 Å². The molecule has 28 heavy (non-hydrogen) atoms. The molecule has 4 aliphatic carbocycles. The van der Waals surface area contributed by atoms with E-state index in [4.69, 9.17) is 9.47 Å². The Morgan fingerprint density at radius 1 is 1.07 bits per heavy atom. The van der Waals surface area contributed by atoms with Crippen LogP contribution in [0, 0.1) is 23.2 Å². The van der Waals surface area contributed by atoms with Gasteiger partial charge in [-0.1, -0.05) is 32.8 Å². The van der Waals surface area contributed by atoms with E-state index in [-0.39, 0.29) is 17.9 Å². The van der Waals surface area contributed by atoms with Crippen molar-refractivity contribution in [3.63, 3.8) is 0 Å². The minimum absolute atomic E-state index is 0.0181. The molecule has 1 saturated carbocycles. The predicted molar refractivity (Wildman–Crippen MR) is 105 cm³/mol. The summed E-state index contributed by atoms with van der Waals surface area (Å²) in [4.78, 5) is 25.8. The summed E-state index contributed by atoms with van der Waals surface area (Å²) in [5.74, 6) is 1.96. The average molecular weight is 380 g/mol. The second-order valence-corrected chi connectivity index (χ2v) is 8.82. The molecule has 0 aromatic carbocycles. The zero-order chi connectivity index (χ0) is 19.5. The Bertz CT molecular complexity index is 871. The van der Waals surface area contributed by atoms with Crippen molar-refractivity contribution < 1.29 is 19.1 Å². The van der Waals surface area contributed by atoms with Gasteiger partial charge in [0.05, 0.1) is 5.41 Å². The number of unbranched alkanes of at least 4 members (excludes halogenated alkanes) is 2. The number of hydrogen-bond acceptors (Lipinski definition) is 4. The third kappa shape index (κ3) is 2.23. The second-order valence-electron chi connectivity index (χ2n) is 8.82. The van der Waals surface area contributed by atoms with Crippen molar-refractivity contribution in [3.05, 3.63) is 46.5 Å². The number of cyclic esters (lactones) is 2. The Kier molecular flexibility index (Phi) is 4.15. The van der Waals surface area contributed by atoms with Gasteiger partial charge in [0.2, 0.25) is 0 Å². The minimum atomic E-state index is -0.452. The summed E-state index contributed by atoms with van der Waals surface area (Å²) in [6.45, 7) is 4.26. The van der Waals surface area contributed by atoms with E-state index in [9.17, 15) is 9.59 Å². The van der Waals surface area contributed by atoms with Crippen molar-refractivity contribution in [1.82, 2.24) is 0 Å². The van der Waals surface area contributed by atoms with Crippen LogP contribution in [0.4, 0.5) is 0 Å². The highest BCUT2D eigenvalue weighted by Crippen LogP contribution is 2.68. The van der Waals surface area contributed by atoms with Gasteiger partial charge < -0.3 is 9.47 Å². The summed E-state index contributed by atoms with van der Waals surface area (Å²) in [6, 6.07) is 0. The first kappa shape index (κ1) is 18.0. The summed E-state index contributed by atoms with van der Waals surface area (Å²) in [5.41, 5.74) is 2.29. The van der Waals surface area contributed by atoms with E-state index < -0.39 is 5.41 Å². The largest absolute Gasteiger partial charge is 0.427 e. The van der Waals surface area contributed by atoms with E-state index in [1.165, 1.54) is 0 Å². The van der Waals surface area contributed by atoms with Gasteiger partial charge in [-0.25, -0.2) is 9.59 Å². The van der Waals surface area contributed by atoms with Gasteiger partial charge in [0.15, 0.2) is 0 Å². The maximum atomic E-state index is 13.0. The Balaban J connectivity index is 1.68. The molecule has 1 saturated heterocycles. The molecular weight excluding hydrogens is 352 g/mol. The van der Waals surface area contributed by atoms with Crippen molar-refractivity contribution in [1.29, 1.82) is 0 Å². The topological polar surface area (TPSA) is 52.6 Å². The number of carbonyl (C=O) groups excluding carboxylic acids is 2. The second kappa shape index (κ2) is 6.47. The highest BCUT2D eigenvalue weighted by Gasteiger charge is 2.66. The standard InChI is InChI=1S/C24H28O4/c1-3-5-7-18-16-10-9-15-14-11-12-24(21(15)20(16)23(26)27-18)17(13-14)22(25)28-19(24)8-6-4-2/h7-8,13-15,21H,3-6,9-12H2,1-2H3/b18-7-,19-8-/t14?,15-,21+,24-/m0/s1. The Morgan fingerprint density at radius 3 is 2.64 bits per heavy atom. The third-order valence-electron chi connectivity index (χ3n) is 7.43. The molecule has 148 valence electrons. The lowest BCUT2D eigenvalue weighted by Crippen LogP contribution is -2.50. The molecule has 1 unspecified atom stereocenters. The van der Waals surface area contributed by atoms with Crippen LogP contribution in [0.2, 0.25) is 0 Å². The first-order chi connectivity index (χ1) is 13.6. The van der Waals surface area contributed by atoms with E-state index >= 15 is 0 Å². The average Bonchev–Trinajstić information content (AvgIpc) is 3.19. The summed E-state index contributed by atoms with van der Waals surface area (Å²) in [5, 5.41) is 0.